The number of benzene rings is 1. The monoisotopic (exact) mass is 258 g/mol. The van der Waals surface area contributed by atoms with Crippen LogP contribution in [0.2, 0.25) is 5.02 Å². The van der Waals surface area contributed by atoms with E-state index in [0.29, 0.717) is 10.6 Å². The molecule has 1 nitrogen and oxygen atoms in total. The summed E-state index contributed by atoms with van der Waals surface area (Å²) >= 11 is 9.25. The van der Waals surface area contributed by atoms with Gasteiger partial charge in [0.15, 0.2) is 0 Å². The van der Waals surface area contributed by atoms with Gasteiger partial charge in [-0.2, -0.15) is 0 Å². The van der Waals surface area contributed by atoms with Gasteiger partial charge in [-0.25, -0.2) is 0 Å². The number of hydrogen-bond acceptors (Lipinski definition) is 1. The van der Waals surface area contributed by atoms with Crippen LogP contribution in [0.25, 0.3) is 6.08 Å². The predicted octanol–water partition coefficient (Wildman–Crippen LogP) is 3.70. The van der Waals surface area contributed by atoms with Crippen LogP contribution in [-0.2, 0) is 4.79 Å². The largest absolute Gasteiger partial charge is 0.298 e. The first-order chi connectivity index (χ1) is 6.13. The number of hydrogen-bond donors (Lipinski definition) is 0. The quantitative estimate of drug-likeness (QED) is 0.584. The topological polar surface area (TPSA) is 17.1 Å². The molecule has 0 aliphatic carbocycles. The summed E-state index contributed by atoms with van der Waals surface area (Å²) in [6.45, 7) is 1.74. The molecule has 0 aromatic heterocycles. The fraction of sp³-hybridized carbons (Fsp3) is 0.100. The summed E-state index contributed by atoms with van der Waals surface area (Å²) in [7, 11) is 0. The number of allylic oxidation sites excluding steroid dienone is 1. The van der Waals surface area contributed by atoms with E-state index in [1.165, 1.54) is 0 Å². The average Bonchev–Trinajstić information content (AvgIpc) is 2.11. The first-order valence-electron chi connectivity index (χ1n) is 3.72. The lowest BCUT2D eigenvalue weighted by Crippen LogP contribution is -1.80. The summed E-state index contributed by atoms with van der Waals surface area (Å²) < 4.78 is 0.946. The minimum atomic E-state index is 0.643. The maximum atomic E-state index is 10.4. The Hall–Kier alpha value is -0.600. The molecule has 0 saturated carbocycles. The van der Waals surface area contributed by atoms with Crippen LogP contribution in [0.4, 0.5) is 0 Å². The van der Waals surface area contributed by atoms with Gasteiger partial charge in [0.25, 0.3) is 0 Å². The van der Waals surface area contributed by atoms with Gasteiger partial charge in [-0.05, 0) is 42.3 Å². The first-order valence-corrected chi connectivity index (χ1v) is 4.89. The molecule has 0 unspecified atom stereocenters. The predicted molar refractivity (Wildman–Crippen MR) is 58.9 cm³/mol. The van der Waals surface area contributed by atoms with E-state index in [2.05, 4.69) is 15.9 Å². The number of halogens is 2. The van der Waals surface area contributed by atoms with Crippen LogP contribution in [0, 0.1) is 0 Å². The Morgan fingerprint density at radius 2 is 2.23 bits per heavy atom. The summed E-state index contributed by atoms with van der Waals surface area (Å²) in [5.41, 5.74) is 1.50. The standard InChI is InChI=1S/C10H8BrClO/c1-7(6-13)4-8-5-9(11)2-3-10(8)12/h2-6H,1H3/b7-4-. The third-order valence-electron chi connectivity index (χ3n) is 1.53. The van der Waals surface area contributed by atoms with Crippen LogP contribution >= 0.6 is 27.5 Å². The lowest BCUT2D eigenvalue weighted by Gasteiger charge is -1.99. The van der Waals surface area contributed by atoms with E-state index >= 15 is 0 Å². The molecule has 0 spiro atoms. The second-order valence-electron chi connectivity index (χ2n) is 2.67. The molecule has 1 aromatic rings. The number of rotatable bonds is 2. The molecule has 0 saturated heterocycles. The van der Waals surface area contributed by atoms with Gasteiger partial charge < -0.3 is 0 Å². The highest BCUT2D eigenvalue weighted by molar-refractivity contribution is 9.10. The van der Waals surface area contributed by atoms with Crippen LogP contribution in [0.15, 0.2) is 28.2 Å². The summed E-state index contributed by atoms with van der Waals surface area (Å²) in [4.78, 5) is 10.4. The normalized spacial score (nSPS) is 11.5. The van der Waals surface area contributed by atoms with Gasteiger partial charge >= 0.3 is 0 Å². The second kappa shape index (κ2) is 4.58. The molecule has 0 radical (unpaired) electrons. The SMILES string of the molecule is C/C(C=O)=C/c1cc(Br)ccc1Cl. The Morgan fingerprint density at radius 3 is 2.85 bits per heavy atom. The molecule has 13 heavy (non-hydrogen) atoms. The second-order valence-corrected chi connectivity index (χ2v) is 3.99. The van der Waals surface area contributed by atoms with Crippen molar-refractivity contribution in [3.05, 3.63) is 38.8 Å². The molecular formula is C10H8BrClO. The van der Waals surface area contributed by atoms with E-state index in [0.717, 1.165) is 16.3 Å². The van der Waals surface area contributed by atoms with Gasteiger partial charge in [-0.15, -0.1) is 0 Å². The Bertz CT molecular complexity index is 358. The fourth-order valence-corrected chi connectivity index (χ4v) is 1.46. The van der Waals surface area contributed by atoms with E-state index in [1.54, 1.807) is 19.1 Å². The van der Waals surface area contributed by atoms with Crippen LogP contribution in [0.1, 0.15) is 12.5 Å². The number of carbonyl (C=O) groups is 1. The minimum absolute atomic E-state index is 0.643. The van der Waals surface area contributed by atoms with E-state index in [-0.39, 0.29) is 0 Å². The molecule has 3 heteroatoms. The van der Waals surface area contributed by atoms with Crippen molar-refractivity contribution in [1.82, 2.24) is 0 Å². The van der Waals surface area contributed by atoms with Crippen LogP contribution in [0.5, 0.6) is 0 Å². The van der Waals surface area contributed by atoms with E-state index < -0.39 is 0 Å². The summed E-state index contributed by atoms with van der Waals surface area (Å²) in [5, 5.41) is 0.643. The van der Waals surface area contributed by atoms with Crippen molar-refractivity contribution >= 4 is 39.9 Å². The van der Waals surface area contributed by atoms with Crippen molar-refractivity contribution in [2.45, 2.75) is 6.92 Å². The van der Waals surface area contributed by atoms with E-state index in [9.17, 15) is 4.79 Å². The van der Waals surface area contributed by atoms with Gasteiger partial charge in [-0.3, -0.25) is 4.79 Å². The molecule has 1 aromatic carbocycles. The summed E-state index contributed by atoms with van der Waals surface area (Å²) in [6, 6.07) is 5.51. The van der Waals surface area contributed by atoms with Crippen LogP contribution < -0.4 is 0 Å². The molecule has 0 aliphatic rings. The van der Waals surface area contributed by atoms with Crippen molar-refractivity contribution in [1.29, 1.82) is 0 Å². The third-order valence-corrected chi connectivity index (χ3v) is 2.36. The summed E-state index contributed by atoms with van der Waals surface area (Å²) in [6.07, 6.45) is 2.55. The van der Waals surface area contributed by atoms with Crippen molar-refractivity contribution in [3.8, 4) is 0 Å². The minimum Gasteiger partial charge on any atom is -0.298 e. The highest BCUT2D eigenvalue weighted by atomic mass is 79.9. The molecule has 0 bridgehead atoms. The van der Waals surface area contributed by atoms with E-state index in [4.69, 9.17) is 11.6 Å². The fourth-order valence-electron chi connectivity index (χ4n) is 0.905. The maximum absolute atomic E-state index is 10.4. The number of aldehydes is 1. The lowest BCUT2D eigenvalue weighted by atomic mass is 10.1. The Balaban J connectivity index is 3.13. The molecule has 0 fully saturated rings. The zero-order chi connectivity index (χ0) is 9.84. The molecule has 0 N–H and O–H groups in total. The molecule has 68 valence electrons. The van der Waals surface area contributed by atoms with Gasteiger partial charge in [0.1, 0.15) is 6.29 Å². The van der Waals surface area contributed by atoms with Crippen LogP contribution in [0.3, 0.4) is 0 Å². The van der Waals surface area contributed by atoms with E-state index in [1.807, 2.05) is 12.1 Å². The molecule has 0 heterocycles. The van der Waals surface area contributed by atoms with Gasteiger partial charge in [0.2, 0.25) is 0 Å². The highest BCUT2D eigenvalue weighted by Gasteiger charge is 1.98. The van der Waals surface area contributed by atoms with Crippen molar-refractivity contribution < 1.29 is 4.79 Å². The van der Waals surface area contributed by atoms with Gasteiger partial charge in [0.05, 0.1) is 0 Å². The summed E-state index contributed by atoms with van der Waals surface area (Å²) in [5.74, 6) is 0. The Morgan fingerprint density at radius 1 is 1.54 bits per heavy atom. The maximum Gasteiger partial charge on any atom is 0.145 e. The van der Waals surface area contributed by atoms with Crippen LogP contribution in [-0.4, -0.2) is 6.29 Å². The molecular weight excluding hydrogens is 251 g/mol. The third kappa shape index (κ3) is 2.98. The van der Waals surface area contributed by atoms with Gasteiger partial charge in [0, 0.05) is 9.50 Å². The average molecular weight is 260 g/mol. The van der Waals surface area contributed by atoms with Crippen molar-refractivity contribution in [2.24, 2.45) is 0 Å². The number of carbonyl (C=O) groups excluding carboxylic acids is 1. The molecule has 0 aliphatic heterocycles. The Labute approximate surface area is 90.5 Å². The molecule has 1 rings (SSSR count). The van der Waals surface area contributed by atoms with Crippen molar-refractivity contribution in [3.63, 3.8) is 0 Å². The smallest absolute Gasteiger partial charge is 0.145 e. The zero-order valence-electron chi connectivity index (χ0n) is 7.05. The molecule has 0 amide bonds. The zero-order valence-corrected chi connectivity index (χ0v) is 9.39. The van der Waals surface area contributed by atoms with Crippen molar-refractivity contribution in [2.75, 3.05) is 0 Å². The van der Waals surface area contributed by atoms with Gasteiger partial charge in [-0.1, -0.05) is 27.5 Å². The highest BCUT2D eigenvalue weighted by Crippen LogP contribution is 2.22. The first kappa shape index (κ1) is 10.5. The molecule has 0 atom stereocenters. The lowest BCUT2D eigenvalue weighted by molar-refractivity contribution is -0.104. The Kier molecular flexibility index (Phi) is 3.70.